The number of ether oxygens (including phenoxy) is 6. The van der Waals surface area contributed by atoms with Gasteiger partial charge in [-0.2, -0.15) is 0 Å². The number of esters is 1. The lowest BCUT2D eigenvalue weighted by Crippen LogP contribution is -2.61. The minimum Gasteiger partial charge on any atom is -0.457 e. The van der Waals surface area contributed by atoms with E-state index in [1.165, 1.54) is 12.8 Å². The summed E-state index contributed by atoms with van der Waals surface area (Å²) in [5.41, 5.74) is 0. The van der Waals surface area contributed by atoms with Crippen LogP contribution >= 0.6 is 0 Å². The summed E-state index contributed by atoms with van der Waals surface area (Å²) in [6.45, 7) is 3.31. The highest BCUT2D eigenvalue weighted by molar-refractivity contribution is 5.69. The molecular weight excluding hydrogens is 885 g/mol. The van der Waals surface area contributed by atoms with Crippen molar-refractivity contribution in [2.24, 2.45) is 0 Å². The van der Waals surface area contributed by atoms with Crippen LogP contribution in [-0.4, -0.2) is 142 Å². The molecule has 2 aliphatic heterocycles. The van der Waals surface area contributed by atoms with E-state index in [9.17, 15) is 40.5 Å². The van der Waals surface area contributed by atoms with Gasteiger partial charge in [-0.3, -0.25) is 4.79 Å². The number of allylic oxidation sites excluding steroid dienone is 16. The molecule has 2 rings (SSSR count). The zero-order chi connectivity index (χ0) is 50.2. The van der Waals surface area contributed by atoms with Crippen molar-refractivity contribution < 1.29 is 69.0 Å². The topological polar surface area (TPSA) is 214 Å². The molecule has 0 saturated carbocycles. The van der Waals surface area contributed by atoms with Gasteiger partial charge in [-0.1, -0.05) is 143 Å². The predicted molar refractivity (Wildman–Crippen MR) is 270 cm³/mol. The van der Waals surface area contributed by atoms with Crippen LogP contribution in [0.1, 0.15) is 142 Å². The van der Waals surface area contributed by atoms with Crippen LogP contribution in [0.4, 0.5) is 0 Å². The molecular formula is C55H90O14. The Labute approximate surface area is 413 Å². The molecule has 0 aromatic rings. The smallest absolute Gasteiger partial charge is 0.306 e. The summed E-state index contributed by atoms with van der Waals surface area (Å²) in [6, 6.07) is 0. The van der Waals surface area contributed by atoms with E-state index < -0.39 is 86.7 Å². The van der Waals surface area contributed by atoms with Gasteiger partial charge in [0.05, 0.1) is 26.4 Å². The van der Waals surface area contributed by atoms with Gasteiger partial charge in [0.2, 0.25) is 0 Å². The first kappa shape index (κ1) is 62.0. The van der Waals surface area contributed by atoms with Crippen LogP contribution < -0.4 is 0 Å². The third kappa shape index (κ3) is 29.1. The molecule has 0 aromatic carbocycles. The van der Waals surface area contributed by atoms with Crippen molar-refractivity contribution in [1.82, 2.24) is 0 Å². The number of hydrogen-bond acceptors (Lipinski definition) is 14. The zero-order valence-corrected chi connectivity index (χ0v) is 41.8. The fourth-order valence-electron chi connectivity index (χ4n) is 7.44. The van der Waals surface area contributed by atoms with Crippen LogP contribution in [-0.2, 0) is 33.2 Å². The molecule has 0 aromatic heterocycles. The van der Waals surface area contributed by atoms with E-state index >= 15 is 0 Å². The molecule has 2 fully saturated rings. The first-order chi connectivity index (χ1) is 33.6. The Bertz CT molecular complexity index is 1500. The first-order valence-electron chi connectivity index (χ1n) is 25.8. The largest absolute Gasteiger partial charge is 0.457 e. The lowest BCUT2D eigenvalue weighted by molar-refractivity contribution is -0.332. The Hall–Kier alpha value is -3.09. The van der Waals surface area contributed by atoms with E-state index in [2.05, 4.69) is 111 Å². The van der Waals surface area contributed by atoms with E-state index in [0.717, 1.165) is 103 Å². The van der Waals surface area contributed by atoms with Crippen molar-refractivity contribution in [3.63, 3.8) is 0 Å². The second kappa shape index (κ2) is 41.5. The predicted octanol–water partition coefficient (Wildman–Crippen LogP) is 7.85. The van der Waals surface area contributed by atoms with E-state index in [4.69, 9.17) is 28.4 Å². The third-order valence-electron chi connectivity index (χ3n) is 11.6. The summed E-state index contributed by atoms with van der Waals surface area (Å²) in [5, 5.41) is 72.2. The van der Waals surface area contributed by atoms with Gasteiger partial charge in [0.15, 0.2) is 12.6 Å². The lowest BCUT2D eigenvalue weighted by Gasteiger charge is -2.42. The maximum absolute atomic E-state index is 13.0. The summed E-state index contributed by atoms with van der Waals surface area (Å²) in [5.74, 6) is -0.406. The van der Waals surface area contributed by atoms with Gasteiger partial charge in [-0.05, 0) is 89.9 Å². The number of aliphatic hydroxyl groups is 7. The van der Waals surface area contributed by atoms with Crippen molar-refractivity contribution in [1.29, 1.82) is 0 Å². The fourth-order valence-corrected chi connectivity index (χ4v) is 7.44. The van der Waals surface area contributed by atoms with Gasteiger partial charge in [0, 0.05) is 13.0 Å². The molecule has 0 spiro atoms. The second-order valence-corrected chi connectivity index (χ2v) is 17.6. The van der Waals surface area contributed by atoms with Crippen LogP contribution in [0.2, 0.25) is 0 Å². The molecule has 0 amide bonds. The van der Waals surface area contributed by atoms with Crippen LogP contribution in [0.25, 0.3) is 0 Å². The fraction of sp³-hybridized carbons (Fsp3) is 0.691. The van der Waals surface area contributed by atoms with Gasteiger partial charge in [-0.15, -0.1) is 0 Å². The Morgan fingerprint density at radius 1 is 0.478 bits per heavy atom. The molecule has 0 aliphatic carbocycles. The number of hydrogen-bond donors (Lipinski definition) is 7. The van der Waals surface area contributed by atoms with Gasteiger partial charge < -0.3 is 64.2 Å². The molecule has 394 valence electrons. The van der Waals surface area contributed by atoms with Gasteiger partial charge in [-0.25, -0.2) is 0 Å². The highest BCUT2D eigenvalue weighted by Gasteiger charge is 2.47. The molecule has 7 N–H and O–H groups in total. The minimum absolute atomic E-state index is 0.0214. The van der Waals surface area contributed by atoms with Crippen molar-refractivity contribution in [2.45, 2.75) is 210 Å². The van der Waals surface area contributed by atoms with Crippen molar-refractivity contribution >= 4 is 5.97 Å². The Morgan fingerprint density at radius 3 is 1.41 bits per heavy atom. The van der Waals surface area contributed by atoms with E-state index in [1.54, 1.807) is 0 Å². The summed E-state index contributed by atoms with van der Waals surface area (Å²) in [7, 11) is 0. The number of carbonyl (C=O) groups is 1. The number of aliphatic hydroxyl groups excluding tert-OH is 7. The normalized spacial score (nSPS) is 26.5. The monoisotopic (exact) mass is 975 g/mol. The van der Waals surface area contributed by atoms with Gasteiger partial charge in [0.25, 0.3) is 0 Å². The van der Waals surface area contributed by atoms with Crippen LogP contribution in [0.3, 0.4) is 0 Å². The average molecular weight is 975 g/mol. The van der Waals surface area contributed by atoms with E-state index in [-0.39, 0.29) is 19.6 Å². The highest BCUT2D eigenvalue weighted by Crippen LogP contribution is 2.26. The molecule has 14 nitrogen and oxygen atoms in total. The first-order valence-corrected chi connectivity index (χ1v) is 25.8. The van der Waals surface area contributed by atoms with Gasteiger partial charge >= 0.3 is 5.97 Å². The lowest BCUT2D eigenvalue weighted by atomic mass is 9.98. The summed E-state index contributed by atoms with van der Waals surface area (Å²) < 4.78 is 34.2. The standard InChI is InChI=1S/C55H90O14/c1-3-5-7-9-11-13-15-17-19-21-23-25-27-29-31-33-35-37-39-64-41-44(67-47(57)38-36-34-32-30-28-26-24-22-20-18-16-14-12-10-8-6-4-2)42-65-54-53(63)51(61)49(59)46(69-54)43-66-55-52(62)50(60)48(58)45(40-56)68-55/h5-8,11-14,17-20,23,25,29,31,44-46,48-56,58-63H,3-4,9-10,15-16,21-22,24,26-28,30,32-43H2,1-2H3/b7-5-,8-6-,13-11-,14-12-,19-17-,20-18-,25-23-,31-29-. The maximum Gasteiger partial charge on any atom is 0.306 e. The minimum atomic E-state index is -1.72. The Kier molecular flexibility index (Phi) is 37.3. The SMILES string of the molecule is CC/C=C\C/C=C\C/C=C\C/C=C\C/C=C\CCCCOCC(COC1OC(COC2OC(CO)C(O)C(O)C2O)C(O)C(O)C1O)OC(=O)CCCCCCCCC/C=C\C/C=C\C/C=C\CC. The molecule has 2 heterocycles. The van der Waals surface area contributed by atoms with E-state index in [1.807, 2.05) is 0 Å². The maximum atomic E-state index is 13.0. The summed E-state index contributed by atoms with van der Waals surface area (Å²) in [6.07, 6.45) is 37.6. The molecule has 2 saturated heterocycles. The summed E-state index contributed by atoms with van der Waals surface area (Å²) >= 11 is 0. The highest BCUT2D eigenvalue weighted by atomic mass is 16.7. The Morgan fingerprint density at radius 2 is 0.899 bits per heavy atom. The van der Waals surface area contributed by atoms with Crippen LogP contribution in [0.15, 0.2) is 97.2 Å². The van der Waals surface area contributed by atoms with E-state index in [0.29, 0.717) is 13.0 Å². The van der Waals surface area contributed by atoms with Crippen molar-refractivity contribution in [3.8, 4) is 0 Å². The molecule has 14 heteroatoms. The third-order valence-corrected chi connectivity index (χ3v) is 11.6. The second-order valence-electron chi connectivity index (χ2n) is 17.6. The number of carbonyl (C=O) groups excluding carboxylic acids is 1. The number of unbranched alkanes of at least 4 members (excludes halogenated alkanes) is 9. The molecule has 0 radical (unpaired) electrons. The van der Waals surface area contributed by atoms with Crippen molar-refractivity contribution in [3.05, 3.63) is 97.2 Å². The molecule has 69 heavy (non-hydrogen) atoms. The van der Waals surface area contributed by atoms with Gasteiger partial charge in [0.1, 0.15) is 54.9 Å². The number of rotatable bonds is 39. The Balaban J connectivity index is 1.80. The van der Waals surface area contributed by atoms with Crippen LogP contribution in [0.5, 0.6) is 0 Å². The molecule has 11 unspecified atom stereocenters. The molecule has 0 bridgehead atoms. The quantitative estimate of drug-likeness (QED) is 0.0178. The van der Waals surface area contributed by atoms with Crippen LogP contribution in [0, 0.1) is 0 Å². The molecule has 2 aliphatic rings. The van der Waals surface area contributed by atoms with Crippen molar-refractivity contribution in [2.75, 3.05) is 33.0 Å². The summed E-state index contributed by atoms with van der Waals surface area (Å²) in [4.78, 5) is 13.0. The average Bonchev–Trinajstić information content (AvgIpc) is 3.35. The molecule has 11 atom stereocenters. The zero-order valence-electron chi connectivity index (χ0n) is 41.8.